The molecule has 4 heteroatoms. The molecular weight excluding hydrogens is 336 g/mol. The molecule has 7 atom stereocenters. The SMILES string of the molecule is CC(C)(C)[C@H]1CC[C@H]2[C@@H]3CCC4NC(=O)C=C[C@]4(C)[C@H]3CC[C@]12CC(N)=O. The molecule has 1 aliphatic heterocycles. The summed E-state index contributed by atoms with van der Waals surface area (Å²) in [7, 11) is 0. The van der Waals surface area contributed by atoms with E-state index in [0.717, 1.165) is 19.3 Å². The largest absolute Gasteiger partial charge is 0.370 e. The van der Waals surface area contributed by atoms with Gasteiger partial charge < -0.3 is 11.1 Å². The summed E-state index contributed by atoms with van der Waals surface area (Å²) in [6.07, 6.45) is 11.4. The quantitative estimate of drug-likeness (QED) is 0.774. The highest BCUT2D eigenvalue weighted by molar-refractivity contribution is 5.89. The lowest BCUT2D eigenvalue weighted by molar-refractivity contribution is -0.133. The Morgan fingerprint density at radius 1 is 1.19 bits per heavy atom. The number of rotatable bonds is 2. The Morgan fingerprint density at radius 3 is 2.59 bits per heavy atom. The van der Waals surface area contributed by atoms with Crippen molar-refractivity contribution in [3.63, 3.8) is 0 Å². The molecule has 0 aromatic heterocycles. The van der Waals surface area contributed by atoms with Crippen molar-refractivity contribution in [2.45, 2.75) is 78.7 Å². The Hall–Kier alpha value is -1.32. The average Bonchev–Trinajstić information content (AvgIpc) is 2.94. The number of amides is 2. The van der Waals surface area contributed by atoms with Gasteiger partial charge in [-0.1, -0.05) is 33.8 Å². The molecule has 4 aliphatic rings. The van der Waals surface area contributed by atoms with E-state index in [0.29, 0.717) is 30.1 Å². The van der Waals surface area contributed by atoms with E-state index in [-0.39, 0.29) is 34.1 Å². The molecule has 3 saturated carbocycles. The normalized spacial score (nSPS) is 46.2. The fourth-order valence-electron chi connectivity index (χ4n) is 8.11. The fraction of sp³-hybridized carbons (Fsp3) is 0.826. The molecule has 4 nitrogen and oxygen atoms in total. The number of carbonyl (C=O) groups is 2. The highest BCUT2D eigenvalue weighted by atomic mass is 16.1. The van der Waals surface area contributed by atoms with Crippen molar-refractivity contribution in [1.82, 2.24) is 5.32 Å². The van der Waals surface area contributed by atoms with Gasteiger partial charge in [-0.3, -0.25) is 9.59 Å². The summed E-state index contributed by atoms with van der Waals surface area (Å²) in [5, 5.41) is 3.23. The van der Waals surface area contributed by atoms with Crippen LogP contribution in [0.3, 0.4) is 0 Å². The minimum absolute atomic E-state index is 0.0511. The van der Waals surface area contributed by atoms with Crippen molar-refractivity contribution in [2.24, 2.45) is 45.7 Å². The zero-order valence-corrected chi connectivity index (χ0v) is 17.4. The third kappa shape index (κ3) is 2.77. The number of nitrogens with two attached hydrogens (primary N) is 1. The van der Waals surface area contributed by atoms with E-state index in [2.05, 4.69) is 39.1 Å². The third-order valence-corrected chi connectivity index (χ3v) is 8.95. The van der Waals surface area contributed by atoms with Crippen LogP contribution in [-0.2, 0) is 9.59 Å². The molecule has 2 amide bonds. The van der Waals surface area contributed by atoms with E-state index < -0.39 is 0 Å². The van der Waals surface area contributed by atoms with Crippen LogP contribution in [0.2, 0.25) is 0 Å². The highest BCUT2D eigenvalue weighted by Crippen LogP contribution is 2.68. The van der Waals surface area contributed by atoms with Gasteiger partial charge in [0, 0.05) is 17.9 Å². The first kappa shape index (κ1) is 19.0. The van der Waals surface area contributed by atoms with Gasteiger partial charge in [0.25, 0.3) is 0 Å². The first-order valence-electron chi connectivity index (χ1n) is 10.9. The van der Waals surface area contributed by atoms with Crippen LogP contribution in [0, 0.1) is 39.9 Å². The predicted octanol–water partition coefficient (Wildman–Crippen LogP) is 3.80. The summed E-state index contributed by atoms with van der Waals surface area (Å²) in [6.45, 7) is 9.37. The molecule has 0 aromatic rings. The molecule has 27 heavy (non-hydrogen) atoms. The van der Waals surface area contributed by atoms with Gasteiger partial charge in [-0.15, -0.1) is 0 Å². The van der Waals surface area contributed by atoms with Crippen LogP contribution >= 0.6 is 0 Å². The summed E-state index contributed by atoms with van der Waals surface area (Å²) < 4.78 is 0. The Labute approximate surface area is 163 Å². The summed E-state index contributed by atoms with van der Waals surface area (Å²) in [6, 6.07) is 0.264. The van der Waals surface area contributed by atoms with Crippen molar-refractivity contribution in [2.75, 3.05) is 0 Å². The molecule has 0 radical (unpaired) electrons. The number of carbonyl (C=O) groups excluding carboxylic acids is 2. The predicted molar refractivity (Wildman–Crippen MR) is 107 cm³/mol. The average molecular weight is 373 g/mol. The van der Waals surface area contributed by atoms with E-state index in [9.17, 15) is 9.59 Å². The first-order valence-corrected chi connectivity index (χ1v) is 10.9. The van der Waals surface area contributed by atoms with Crippen LogP contribution < -0.4 is 11.1 Å². The Morgan fingerprint density at radius 2 is 1.93 bits per heavy atom. The lowest BCUT2D eigenvalue weighted by Crippen LogP contribution is -2.60. The van der Waals surface area contributed by atoms with E-state index in [1.54, 1.807) is 6.08 Å². The van der Waals surface area contributed by atoms with Crippen LogP contribution in [0.25, 0.3) is 0 Å². The Kier molecular flexibility index (Phi) is 4.29. The zero-order valence-electron chi connectivity index (χ0n) is 17.4. The molecule has 0 aromatic carbocycles. The number of nitrogens with one attached hydrogen (secondary N) is 1. The fourth-order valence-corrected chi connectivity index (χ4v) is 8.11. The monoisotopic (exact) mass is 372 g/mol. The second kappa shape index (κ2) is 6.09. The standard InChI is InChI=1S/C23H36N2O2/c1-21(2,3)17-7-6-16-14-5-8-18-22(4,11-10-20(27)25-18)15(14)9-12-23(16,17)13-19(24)26/h10-11,14-18H,5-9,12-13H2,1-4H3,(H2,24,26)(H,25,27)/t14-,15+,16+,17-,18?,22-,23-/m1/s1. The maximum absolute atomic E-state index is 12.1. The Bertz CT molecular complexity index is 678. The number of primary amides is 1. The minimum atomic E-state index is -0.126. The highest BCUT2D eigenvalue weighted by Gasteiger charge is 2.63. The number of fused-ring (bicyclic) bond motifs is 5. The van der Waals surface area contributed by atoms with Crippen LogP contribution in [0.15, 0.2) is 12.2 Å². The molecule has 1 heterocycles. The molecule has 3 aliphatic carbocycles. The Balaban J connectivity index is 1.70. The van der Waals surface area contributed by atoms with Gasteiger partial charge in [0.2, 0.25) is 11.8 Å². The van der Waals surface area contributed by atoms with Crippen molar-refractivity contribution < 1.29 is 9.59 Å². The molecular formula is C23H36N2O2. The minimum Gasteiger partial charge on any atom is -0.370 e. The molecule has 0 saturated heterocycles. The van der Waals surface area contributed by atoms with Gasteiger partial charge in [0.1, 0.15) is 0 Å². The second-order valence-corrected chi connectivity index (χ2v) is 11.1. The lowest BCUT2D eigenvalue weighted by atomic mass is 9.45. The maximum Gasteiger partial charge on any atom is 0.243 e. The molecule has 3 N–H and O–H groups in total. The van der Waals surface area contributed by atoms with Crippen LogP contribution in [0.5, 0.6) is 0 Å². The van der Waals surface area contributed by atoms with E-state index in [1.165, 1.54) is 19.3 Å². The molecule has 150 valence electrons. The van der Waals surface area contributed by atoms with Crippen molar-refractivity contribution >= 4 is 11.8 Å². The van der Waals surface area contributed by atoms with Crippen LogP contribution in [0.1, 0.15) is 72.6 Å². The third-order valence-electron chi connectivity index (χ3n) is 8.95. The smallest absolute Gasteiger partial charge is 0.243 e. The molecule has 4 rings (SSSR count). The summed E-state index contributed by atoms with van der Waals surface area (Å²) in [5.41, 5.74) is 6.13. The van der Waals surface area contributed by atoms with E-state index in [1.807, 2.05) is 0 Å². The summed E-state index contributed by atoms with van der Waals surface area (Å²) in [5.74, 6) is 2.33. The number of hydrogen-bond acceptors (Lipinski definition) is 2. The van der Waals surface area contributed by atoms with Gasteiger partial charge in [0.15, 0.2) is 0 Å². The van der Waals surface area contributed by atoms with Crippen molar-refractivity contribution in [3.05, 3.63) is 12.2 Å². The van der Waals surface area contributed by atoms with Gasteiger partial charge in [-0.2, -0.15) is 0 Å². The van der Waals surface area contributed by atoms with Gasteiger partial charge in [0.05, 0.1) is 0 Å². The van der Waals surface area contributed by atoms with Crippen molar-refractivity contribution in [1.29, 1.82) is 0 Å². The summed E-state index contributed by atoms with van der Waals surface area (Å²) >= 11 is 0. The molecule has 1 unspecified atom stereocenters. The topological polar surface area (TPSA) is 72.2 Å². The van der Waals surface area contributed by atoms with Gasteiger partial charge in [-0.05, 0) is 79.1 Å². The molecule has 3 fully saturated rings. The van der Waals surface area contributed by atoms with Crippen LogP contribution in [-0.4, -0.2) is 17.9 Å². The number of hydrogen-bond donors (Lipinski definition) is 2. The van der Waals surface area contributed by atoms with Crippen LogP contribution in [0.4, 0.5) is 0 Å². The maximum atomic E-state index is 12.1. The summed E-state index contributed by atoms with van der Waals surface area (Å²) in [4.78, 5) is 24.0. The van der Waals surface area contributed by atoms with Gasteiger partial charge >= 0.3 is 0 Å². The second-order valence-electron chi connectivity index (χ2n) is 11.1. The van der Waals surface area contributed by atoms with E-state index >= 15 is 0 Å². The lowest BCUT2D eigenvalue weighted by Gasteiger charge is -2.60. The van der Waals surface area contributed by atoms with Gasteiger partial charge in [-0.25, -0.2) is 0 Å². The molecule has 0 spiro atoms. The molecule has 0 bridgehead atoms. The van der Waals surface area contributed by atoms with E-state index in [4.69, 9.17) is 5.73 Å². The van der Waals surface area contributed by atoms with Crippen molar-refractivity contribution in [3.8, 4) is 0 Å². The first-order chi connectivity index (χ1) is 12.6. The zero-order chi connectivity index (χ0) is 19.6.